The normalized spacial score (nSPS) is 10.8. The minimum atomic E-state index is -0.235. The lowest BCUT2D eigenvalue weighted by atomic mass is 10.1. The van der Waals surface area contributed by atoms with Crippen molar-refractivity contribution >= 4 is 44.1 Å². The molecule has 174 valence electrons. The summed E-state index contributed by atoms with van der Waals surface area (Å²) in [6.07, 6.45) is 0. The topological polar surface area (TPSA) is 89.0 Å². The van der Waals surface area contributed by atoms with Crippen LogP contribution in [0.4, 0.5) is 16.6 Å². The molecule has 7 nitrogen and oxygen atoms in total. The third kappa shape index (κ3) is 5.28. The summed E-state index contributed by atoms with van der Waals surface area (Å²) in [5.41, 5.74) is 3.92. The van der Waals surface area contributed by atoms with Crippen molar-refractivity contribution in [3.8, 4) is 17.0 Å². The first-order chi connectivity index (χ1) is 17.1. The number of hydrogen-bond donors (Lipinski definition) is 2. The summed E-state index contributed by atoms with van der Waals surface area (Å²) in [6, 6.07) is 24.8. The van der Waals surface area contributed by atoms with Crippen LogP contribution in [0.5, 0.6) is 5.75 Å². The number of ether oxygens (including phenoxy) is 1. The molecule has 2 aromatic heterocycles. The number of amides is 1. The maximum Gasteiger partial charge on any atom is 0.257 e. The summed E-state index contributed by atoms with van der Waals surface area (Å²) in [7, 11) is 0. The highest BCUT2D eigenvalue weighted by Crippen LogP contribution is 2.30. The lowest BCUT2D eigenvalue weighted by molar-refractivity contribution is 0.102. The van der Waals surface area contributed by atoms with Gasteiger partial charge in [0.2, 0.25) is 0 Å². The number of hydrogen-bond acceptors (Lipinski definition) is 7. The quantitative estimate of drug-likeness (QED) is 0.277. The van der Waals surface area contributed by atoms with Gasteiger partial charge in [-0.25, -0.2) is 15.0 Å². The van der Waals surface area contributed by atoms with Gasteiger partial charge in [-0.05, 0) is 50.2 Å². The van der Waals surface area contributed by atoms with Gasteiger partial charge >= 0.3 is 0 Å². The van der Waals surface area contributed by atoms with Gasteiger partial charge in [0.05, 0.1) is 22.5 Å². The van der Waals surface area contributed by atoms with Crippen LogP contribution in [0.3, 0.4) is 0 Å². The van der Waals surface area contributed by atoms with Gasteiger partial charge in [-0.2, -0.15) is 0 Å². The van der Waals surface area contributed by atoms with E-state index in [9.17, 15) is 4.79 Å². The molecule has 1 amide bonds. The fourth-order valence-corrected chi connectivity index (χ4v) is 4.55. The van der Waals surface area contributed by atoms with Crippen LogP contribution in [0.2, 0.25) is 0 Å². The first kappa shape index (κ1) is 22.5. The average molecular weight is 482 g/mol. The molecule has 0 aliphatic carbocycles. The number of anilines is 3. The Labute approximate surface area is 206 Å². The molecule has 8 heteroatoms. The van der Waals surface area contributed by atoms with E-state index in [2.05, 4.69) is 25.6 Å². The average Bonchev–Trinajstić information content (AvgIpc) is 3.26. The van der Waals surface area contributed by atoms with Crippen molar-refractivity contribution in [2.75, 3.05) is 17.2 Å². The molecule has 0 fully saturated rings. The van der Waals surface area contributed by atoms with Crippen molar-refractivity contribution in [1.29, 1.82) is 0 Å². The molecule has 0 radical (unpaired) electrons. The summed E-state index contributed by atoms with van der Waals surface area (Å²) < 4.78 is 6.50. The maximum atomic E-state index is 12.9. The van der Waals surface area contributed by atoms with Gasteiger partial charge < -0.3 is 10.1 Å². The minimum absolute atomic E-state index is 0.235. The molecule has 35 heavy (non-hydrogen) atoms. The van der Waals surface area contributed by atoms with E-state index in [0.29, 0.717) is 28.9 Å². The summed E-state index contributed by atoms with van der Waals surface area (Å²) in [5.74, 6) is 1.87. The monoisotopic (exact) mass is 481 g/mol. The Morgan fingerprint density at radius 2 is 1.80 bits per heavy atom. The van der Waals surface area contributed by atoms with Crippen LogP contribution in [0, 0.1) is 6.92 Å². The summed E-state index contributed by atoms with van der Waals surface area (Å²) in [5, 5.41) is 6.74. The minimum Gasteiger partial charge on any atom is -0.494 e. The van der Waals surface area contributed by atoms with Gasteiger partial charge in [-0.3, -0.25) is 10.1 Å². The number of nitrogens with zero attached hydrogens (tertiary/aromatic N) is 3. The van der Waals surface area contributed by atoms with Crippen molar-refractivity contribution < 1.29 is 9.53 Å². The van der Waals surface area contributed by atoms with Gasteiger partial charge in [-0.1, -0.05) is 47.7 Å². The number of carbonyl (C=O) groups is 1. The second-order valence-electron chi connectivity index (χ2n) is 7.79. The zero-order chi connectivity index (χ0) is 24.2. The van der Waals surface area contributed by atoms with E-state index in [4.69, 9.17) is 4.74 Å². The Hall–Kier alpha value is -4.30. The lowest BCUT2D eigenvalue weighted by Gasteiger charge is -2.10. The molecule has 0 bridgehead atoms. The number of carbonyl (C=O) groups excluding carboxylic acids is 1. The largest absolute Gasteiger partial charge is 0.494 e. The molecule has 0 aliphatic rings. The molecular weight excluding hydrogens is 458 g/mol. The van der Waals surface area contributed by atoms with Gasteiger partial charge in [0.15, 0.2) is 5.13 Å². The zero-order valence-electron chi connectivity index (χ0n) is 19.3. The third-order valence-electron chi connectivity index (χ3n) is 5.20. The molecular formula is C27H23N5O2S. The van der Waals surface area contributed by atoms with Gasteiger partial charge in [-0.15, -0.1) is 0 Å². The van der Waals surface area contributed by atoms with Crippen LogP contribution in [0.15, 0.2) is 78.9 Å². The highest BCUT2D eigenvalue weighted by Gasteiger charge is 2.12. The number of aryl methyl sites for hydroxylation is 1. The van der Waals surface area contributed by atoms with Crippen LogP contribution in [-0.4, -0.2) is 27.5 Å². The van der Waals surface area contributed by atoms with E-state index in [1.807, 2.05) is 80.6 Å². The van der Waals surface area contributed by atoms with Crippen molar-refractivity contribution in [1.82, 2.24) is 15.0 Å². The van der Waals surface area contributed by atoms with Crippen molar-refractivity contribution in [2.45, 2.75) is 13.8 Å². The highest BCUT2D eigenvalue weighted by atomic mass is 32.1. The zero-order valence-corrected chi connectivity index (χ0v) is 20.1. The Kier molecular flexibility index (Phi) is 6.36. The third-order valence-corrected chi connectivity index (χ3v) is 6.13. The van der Waals surface area contributed by atoms with E-state index >= 15 is 0 Å². The van der Waals surface area contributed by atoms with Crippen LogP contribution < -0.4 is 15.4 Å². The van der Waals surface area contributed by atoms with Crippen LogP contribution in [-0.2, 0) is 0 Å². The molecule has 5 aromatic rings. The fraction of sp³-hybridized carbons (Fsp3) is 0.111. The predicted molar refractivity (Wildman–Crippen MR) is 141 cm³/mol. The SMILES string of the molecule is CCOc1ccc2nc(NC(=O)c3cccc(Nc4cc(-c5ccccc5)nc(C)n4)c3)sc2c1. The lowest BCUT2D eigenvalue weighted by Crippen LogP contribution is -2.11. The Morgan fingerprint density at radius 3 is 2.63 bits per heavy atom. The predicted octanol–water partition coefficient (Wildman–Crippen LogP) is 6.46. The standard InChI is InChI=1S/C27H23N5O2S/c1-3-34-21-12-13-22-24(15-21)35-27(31-22)32-26(33)19-10-7-11-20(14-19)30-25-16-23(28-17(2)29-25)18-8-5-4-6-9-18/h4-16H,3H2,1-2H3,(H,28,29,30)(H,31,32,33). The molecule has 0 saturated carbocycles. The second-order valence-corrected chi connectivity index (χ2v) is 8.82. The molecule has 0 atom stereocenters. The molecule has 3 aromatic carbocycles. The molecule has 0 saturated heterocycles. The Balaban J connectivity index is 1.33. The first-order valence-corrected chi connectivity index (χ1v) is 12.0. The van der Waals surface area contributed by atoms with Crippen LogP contribution >= 0.6 is 11.3 Å². The Morgan fingerprint density at radius 1 is 0.943 bits per heavy atom. The molecule has 0 unspecified atom stereocenters. The van der Waals surface area contributed by atoms with Crippen molar-refractivity contribution in [3.63, 3.8) is 0 Å². The van der Waals surface area contributed by atoms with Gasteiger partial charge in [0.25, 0.3) is 5.91 Å². The van der Waals surface area contributed by atoms with E-state index in [-0.39, 0.29) is 5.91 Å². The first-order valence-electron chi connectivity index (χ1n) is 11.2. The molecule has 0 spiro atoms. The van der Waals surface area contributed by atoms with Crippen LogP contribution in [0.25, 0.3) is 21.5 Å². The molecule has 2 heterocycles. The number of nitrogens with one attached hydrogen (secondary N) is 2. The van der Waals surface area contributed by atoms with E-state index in [0.717, 1.165) is 32.9 Å². The van der Waals surface area contributed by atoms with E-state index in [1.165, 1.54) is 11.3 Å². The summed E-state index contributed by atoms with van der Waals surface area (Å²) in [6.45, 7) is 4.40. The van der Waals surface area contributed by atoms with Crippen molar-refractivity contribution in [2.24, 2.45) is 0 Å². The number of thiazole rings is 1. The van der Waals surface area contributed by atoms with E-state index in [1.54, 1.807) is 12.1 Å². The Bertz CT molecular complexity index is 1500. The number of benzene rings is 3. The van der Waals surface area contributed by atoms with Gasteiger partial charge in [0.1, 0.15) is 17.4 Å². The van der Waals surface area contributed by atoms with E-state index < -0.39 is 0 Å². The number of rotatable bonds is 7. The summed E-state index contributed by atoms with van der Waals surface area (Å²) in [4.78, 5) is 26.5. The fourth-order valence-electron chi connectivity index (χ4n) is 3.66. The van der Waals surface area contributed by atoms with Crippen LogP contribution in [0.1, 0.15) is 23.1 Å². The maximum absolute atomic E-state index is 12.9. The highest BCUT2D eigenvalue weighted by molar-refractivity contribution is 7.22. The molecule has 0 aliphatic heterocycles. The molecule has 5 rings (SSSR count). The van der Waals surface area contributed by atoms with Crippen molar-refractivity contribution in [3.05, 3.63) is 90.3 Å². The molecule has 2 N–H and O–H groups in total. The summed E-state index contributed by atoms with van der Waals surface area (Å²) >= 11 is 1.41. The second kappa shape index (κ2) is 9.90. The number of aromatic nitrogens is 3. The number of fused-ring (bicyclic) bond motifs is 1. The van der Waals surface area contributed by atoms with Gasteiger partial charge in [0, 0.05) is 22.9 Å². The smallest absolute Gasteiger partial charge is 0.257 e.